The minimum absolute atomic E-state index is 0.0615. The highest BCUT2D eigenvalue weighted by molar-refractivity contribution is 6.09. The lowest BCUT2D eigenvalue weighted by Gasteiger charge is -2.13. The Morgan fingerprint density at radius 2 is 1.81 bits per heavy atom. The molecule has 1 aromatic heterocycles. The van der Waals surface area contributed by atoms with Crippen LogP contribution in [-0.2, 0) is 12.8 Å². The van der Waals surface area contributed by atoms with Crippen LogP contribution in [0.15, 0.2) is 65.1 Å². The summed E-state index contributed by atoms with van der Waals surface area (Å²) in [5.74, 6) is 0.707. The summed E-state index contributed by atoms with van der Waals surface area (Å²) in [6.45, 7) is 1.95. The van der Waals surface area contributed by atoms with Crippen molar-refractivity contribution in [2.45, 2.75) is 25.8 Å². The van der Waals surface area contributed by atoms with Gasteiger partial charge in [-0.2, -0.15) is 0 Å². The van der Waals surface area contributed by atoms with E-state index in [4.69, 9.17) is 4.42 Å². The van der Waals surface area contributed by atoms with E-state index in [1.807, 2.05) is 49.4 Å². The van der Waals surface area contributed by atoms with Gasteiger partial charge in [0.25, 0.3) is 5.91 Å². The first kappa shape index (κ1) is 15.2. The summed E-state index contributed by atoms with van der Waals surface area (Å²) in [6.07, 6.45) is 2.13. The molecule has 1 aliphatic carbocycles. The molecule has 0 bridgehead atoms. The third kappa shape index (κ3) is 2.31. The number of amides is 1. The summed E-state index contributed by atoms with van der Waals surface area (Å²) in [6, 6.07) is 20.0. The van der Waals surface area contributed by atoms with Crippen molar-refractivity contribution in [1.29, 1.82) is 0 Å². The zero-order chi connectivity index (χ0) is 17.7. The average Bonchev–Trinajstić information content (AvgIpc) is 3.27. The van der Waals surface area contributed by atoms with Gasteiger partial charge in [0.2, 0.25) is 0 Å². The molecule has 0 saturated heterocycles. The van der Waals surface area contributed by atoms with Crippen LogP contribution in [0, 0.1) is 0 Å². The van der Waals surface area contributed by atoms with Crippen LogP contribution in [0.1, 0.15) is 40.2 Å². The second-order valence-electron chi connectivity index (χ2n) is 6.99. The lowest BCUT2D eigenvalue weighted by atomic mass is 9.99. The smallest absolute Gasteiger partial charge is 0.252 e. The van der Waals surface area contributed by atoms with E-state index in [-0.39, 0.29) is 11.9 Å². The molecule has 1 heterocycles. The summed E-state index contributed by atoms with van der Waals surface area (Å²) in [7, 11) is 0. The Morgan fingerprint density at radius 1 is 1.00 bits per heavy atom. The van der Waals surface area contributed by atoms with E-state index in [0.717, 1.165) is 40.5 Å². The molecule has 4 aromatic rings. The molecule has 0 saturated carbocycles. The van der Waals surface area contributed by atoms with Gasteiger partial charge in [0.05, 0.1) is 6.04 Å². The van der Waals surface area contributed by atoms with Crippen LogP contribution in [-0.4, -0.2) is 5.91 Å². The summed E-state index contributed by atoms with van der Waals surface area (Å²) in [5, 5.41) is 6.45. The number of benzene rings is 3. The second kappa shape index (κ2) is 5.73. The Labute approximate surface area is 151 Å². The molecule has 3 aromatic carbocycles. The molecule has 1 atom stereocenters. The number of hydrogen-bond acceptors (Lipinski definition) is 2. The van der Waals surface area contributed by atoms with Crippen molar-refractivity contribution < 1.29 is 9.21 Å². The minimum Gasteiger partial charge on any atom is -0.459 e. The minimum atomic E-state index is -0.196. The van der Waals surface area contributed by atoms with Gasteiger partial charge in [0, 0.05) is 10.9 Å². The first-order chi connectivity index (χ1) is 12.7. The molecule has 3 heteroatoms. The average molecular weight is 341 g/mol. The number of furan rings is 1. The van der Waals surface area contributed by atoms with Gasteiger partial charge in [0.1, 0.15) is 11.3 Å². The summed E-state index contributed by atoms with van der Waals surface area (Å²) < 4.78 is 5.89. The van der Waals surface area contributed by atoms with Gasteiger partial charge in [-0.15, -0.1) is 0 Å². The number of fused-ring (bicyclic) bond motifs is 1. The Morgan fingerprint density at radius 3 is 2.65 bits per heavy atom. The molecular weight excluding hydrogens is 322 g/mol. The van der Waals surface area contributed by atoms with Crippen molar-refractivity contribution >= 4 is 27.6 Å². The van der Waals surface area contributed by atoms with Crippen molar-refractivity contribution in [3.05, 3.63) is 83.1 Å². The number of nitrogens with one attached hydrogen (secondary N) is 1. The topological polar surface area (TPSA) is 42.2 Å². The standard InChI is InChI=1S/C23H19NO2/c1-14(21-13-17-5-2-3-8-20(17)26-21)24-23(25)19-12-11-16-10-9-15-6-4-7-18(19)22(15)16/h2-8,11-14H,9-10H2,1H3,(H,24,25)/t14-/m1/s1. The molecule has 0 aliphatic heterocycles. The van der Waals surface area contributed by atoms with Gasteiger partial charge >= 0.3 is 0 Å². The van der Waals surface area contributed by atoms with Gasteiger partial charge in [0.15, 0.2) is 0 Å². The number of rotatable bonds is 3. The first-order valence-corrected chi connectivity index (χ1v) is 9.03. The zero-order valence-corrected chi connectivity index (χ0v) is 14.6. The normalized spacial score (nSPS) is 14.0. The maximum Gasteiger partial charge on any atom is 0.252 e. The zero-order valence-electron chi connectivity index (χ0n) is 14.6. The molecule has 128 valence electrons. The number of aryl methyl sites for hydroxylation is 2. The van der Waals surface area contributed by atoms with Crippen LogP contribution in [0.5, 0.6) is 0 Å². The SMILES string of the molecule is C[C@@H](NC(=O)c1ccc2c3c(cccc13)CC2)c1cc2ccccc2o1. The number of carbonyl (C=O) groups is 1. The molecule has 1 amide bonds. The van der Waals surface area contributed by atoms with Gasteiger partial charge in [-0.3, -0.25) is 4.79 Å². The van der Waals surface area contributed by atoms with E-state index in [1.54, 1.807) is 0 Å². The lowest BCUT2D eigenvalue weighted by molar-refractivity contribution is 0.0937. The van der Waals surface area contributed by atoms with E-state index in [1.165, 1.54) is 16.5 Å². The Bertz CT molecular complexity index is 1110. The number of hydrogen-bond donors (Lipinski definition) is 1. The van der Waals surface area contributed by atoms with Crippen LogP contribution >= 0.6 is 0 Å². The quantitative estimate of drug-likeness (QED) is 0.558. The summed E-state index contributed by atoms with van der Waals surface area (Å²) in [4.78, 5) is 12.9. The van der Waals surface area contributed by atoms with Crippen LogP contribution in [0.2, 0.25) is 0 Å². The second-order valence-corrected chi connectivity index (χ2v) is 6.99. The Kier molecular flexibility index (Phi) is 3.35. The molecule has 0 fully saturated rings. The van der Waals surface area contributed by atoms with Crippen molar-refractivity contribution in [3.8, 4) is 0 Å². The molecule has 3 nitrogen and oxygen atoms in total. The molecular formula is C23H19NO2. The Hall–Kier alpha value is -3.07. The van der Waals surface area contributed by atoms with Crippen molar-refractivity contribution in [3.63, 3.8) is 0 Å². The third-order valence-corrected chi connectivity index (χ3v) is 5.34. The van der Waals surface area contributed by atoms with Crippen molar-refractivity contribution in [2.24, 2.45) is 0 Å². The van der Waals surface area contributed by atoms with Crippen molar-refractivity contribution in [2.75, 3.05) is 0 Å². The number of carbonyl (C=O) groups excluding carboxylic acids is 1. The fourth-order valence-electron chi connectivity index (χ4n) is 4.01. The molecule has 0 unspecified atom stereocenters. The summed E-state index contributed by atoms with van der Waals surface area (Å²) in [5.41, 5.74) is 4.26. The van der Waals surface area contributed by atoms with E-state index in [0.29, 0.717) is 0 Å². The molecule has 0 spiro atoms. The van der Waals surface area contributed by atoms with Crippen LogP contribution in [0.25, 0.3) is 21.7 Å². The fourth-order valence-corrected chi connectivity index (χ4v) is 4.01. The monoisotopic (exact) mass is 341 g/mol. The molecule has 1 N–H and O–H groups in total. The van der Waals surface area contributed by atoms with Crippen LogP contribution in [0.4, 0.5) is 0 Å². The highest BCUT2D eigenvalue weighted by atomic mass is 16.3. The van der Waals surface area contributed by atoms with E-state index in [2.05, 4.69) is 23.5 Å². The molecule has 0 radical (unpaired) electrons. The van der Waals surface area contributed by atoms with E-state index >= 15 is 0 Å². The summed E-state index contributed by atoms with van der Waals surface area (Å²) >= 11 is 0. The first-order valence-electron chi connectivity index (χ1n) is 9.03. The predicted molar refractivity (Wildman–Crippen MR) is 103 cm³/mol. The van der Waals surface area contributed by atoms with E-state index < -0.39 is 0 Å². The van der Waals surface area contributed by atoms with Gasteiger partial charge in [-0.25, -0.2) is 0 Å². The molecule has 5 rings (SSSR count). The van der Waals surface area contributed by atoms with Crippen LogP contribution < -0.4 is 5.32 Å². The van der Waals surface area contributed by atoms with Crippen LogP contribution in [0.3, 0.4) is 0 Å². The van der Waals surface area contributed by atoms with E-state index in [9.17, 15) is 4.79 Å². The third-order valence-electron chi connectivity index (χ3n) is 5.34. The highest BCUT2D eigenvalue weighted by Gasteiger charge is 2.20. The maximum absolute atomic E-state index is 12.9. The molecule has 1 aliphatic rings. The van der Waals surface area contributed by atoms with Gasteiger partial charge in [-0.05, 0) is 59.9 Å². The highest BCUT2D eigenvalue weighted by Crippen LogP contribution is 2.33. The Balaban J connectivity index is 1.48. The van der Waals surface area contributed by atoms with Gasteiger partial charge < -0.3 is 9.73 Å². The molecule has 26 heavy (non-hydrogen) atoms. The lowest BCUT2D eigenvalue weighted by Crippen LogP contribution is -2.26. The largest absolute Gasteiger partial charge is 0.459 e. The predicted octanol–water partition coefficient (Wildman–Crippen LogP) is 5.18. The fraction of sp³-hybridized carbons (Fsp3) is 0.174. The maximum atomic E-state index is 12.9. The van der Waals surface area contributed by atoms with Gasteiger partial charge in [-0.1, -0.05) is 42.5 Å². The number of para-hydroxylation sites is 1. The van der Waals surface area contributed by atoms with Crippen molar-refractivity contribution in [1.82, 2.24) is 5.32 Å².